The summed E-state index contributed by atoms with van der Waals surface area (Å²) in [5, 5.41) is 0. The van der Waals surface area contributed by atoms with E-state index in [1.54, 1.807) is 11.3 Å². The lowest BCUT2D eigenvalue weighted by molar-refractivity contribution is 0.290. The van der Waals surface area contributed by atoms with Gasteiger partial charge in [0.15, 0.2) is 0 Å². The number of ether oxygens (including phenoxy) is 1. The van der Waals surface area contributed by atoms with Crippen molar-refractivity contribution in [3.8, 4) is 5.75 Å². The van der Waals surface area contributed by atoms with Gasteiger partial charge in [0.25, 0.3) is 0 Å². The summed E-state index contributed by atoms with van der Waals surface area (Å²) in [7, 11) is 0. The van der Waals surface area contributed by atoms with Gasteiger partial charge in [0.2, 0.25) is 0 Å². The predicted octanol–water partition coefficient (Wildman–Crippen LogP) is 3.49. The van der Waals surface area contributed by atoms with Crippen molar-refractivity contribution < 1.29 is 4.74 Å². The van der Waals surface area contributed by atoms with Crippen LogP contribution in [0.5, 0.6) is 5.75 Å². The highest BCUT2D eigenvalue weighted by Crippen LogP contribution is 2.25. The quantitative estimate of drug-likeness (QED) is 0.894. The zero-order chi connectivity index (χ0) is 13.0. The molecule has 0 amide bonds. The van der Waals surface area contributed by atoms with Crippen molar-refractivity contribution in [2.75, 3.05) is 13.2 Å². The van der Waals surface area contributed by atoms with Crippen LogP contribution in [-0.4, -0.2) is 13.2 Å². The second kappa shape index (κ2) is 6.03. The van der Waals surface area contributed by atoms with Crippen molar-refractivity contribution in [3.63, 3.8) is 0 Å². The molecule has 2 aromatic rings. The summed E-state index contributed by atoms with van der Waals surface area (Å²) in [6.45, 7) is 5.43. The summed E-state index contributed by atoms with van der Waals surface area (Å²) in [6.07, 6.45) is 0. The lowest BCUT2D eigenvalue weighted by Gasteiger charge is -2.15. The van der Waals surface area contributed by atoms with E-state index in [-0.39, 0.29) is 5.92 Å². The molecule has 2 nitrogen and oxygen atoms in total. The Hall–Kier alpha value is -1.32. The topological polar surface area (TPSA) is 35.2 Å². The summed E-state index contributed by atoms with van der Waals surface area (Å²) >= 11 is 1.80. The maximum Gasteiger partial charge on any atom is 0.122 e. The Bertz CT molecular complexity index is 507. The van der Waals surface area contributed by atoms with E-state index >= 15 is 0 Å². The Balaban J connectivity index is 2.02. The molecular weight excluding hydrogens is 242 g/mol. The third-order valence-corrected chi connectivity index (χ3v) is 4.14. The number of benzene rings is 1. The number of rotatable bonds is 5. The molecule has 2 N–H and O–H groups in total. The molecule has 0 fully saturated rings. The van der Waals surface area contributed by atoms with E-state index in [0.717, 1.165) is 11.3 Å². The first-order chi connectivity index (χ1) is 8.70. The first-order valence-electron chi connectivity index (χ1n) is 6.15. The van der Waals surface area contributed by atoms with Crippen LogP contribution in [0.1, 0.15) is 21.2 Å². The third kappa shape index (κ3) is 3.12. The van der Waals surface area contributed by atoms with Crippen LogP contribution >= 0.6 is 11.3 Å². The van der Waals surface area contributed by atoms with Gasteiger partial charge in [-0.15, -0.1) is 11.3 Å². The Morgan fingerprint density at radius 1 is 1.17 bits per heavy atom. The van der Waals surface area contributed by atoms with Gasteiger partial charge in [-0.3, -0.25) is 0 Å². The average Bonchev–Trinajstić information content (AvgIpc) is 2.79. The van der Waals surface area contributed by atoms with Crippen molar-refractivity contribution in [1.82, 2.24) is 0 Å². The summed E-state index contributed by atoms with van der Waals surface area (Å²) in [5.74, 6) is 1.23. The van der Waals surface area contributed by atoms with E-state index in [4.69, 9.17) is 10.5 Å². The van der Waals surface area contributed by atoms with Crippen molar-refractivity contribution in [3.05, 3.63) is 51.7 Å². The van der Waals surface area contributed by atoms with Crippen LogP contribution in [0.15, 0.2) is 36.4 Å². The van der Waals surface area contributed by atoms with Gasteiger partial charge in [0.05, 0.1) is 6.61 Å². The Kier molecular flexibility index (Phi) is 4.39. The molecule has 0 bridgehead atoms. The minimum Gasteiger partial charge on any atom is -0.493 e. The molecule has 1 aromatic heterocycles. The Labute approximate surface area is 112 Å². The molecule has 1 heterocycles. The molecule has 0 aliphatic carbocycles. The molecule has 0 aliphatic rings. The van der Waals surface area contributed by atoms with E-state index in [1.165, 1.54) is 9.75 Å². The molecule has 0 radical (unpaired) electrons. The summed E-state index contributed by atoms with van der Waals surface area (Å²) in [4.78, 5) is 2.63. The number of thiophene rings is 1. The van der Waals surface area contributed by atoms with Crippen molar-refractivity contribution in [2.45, 2.75) is 19.8 Å². The fourth-order valence-electron chi connectivity index (χ4n) is 1.85. The molecule has 2 rings (SSSR count). The van der Waals surface area contributed by atoms with Crippen LogP contribution in [0.2, 0.25) is 0 Å². The van der Waals surface area contributed by atoms with E-state index < -0.39 is 0 Å². The van der Waals surface area contributed by atoms with Crippen LogP contribution in [0.4, 0.5) is 0 Å². The third-order valence-electron chi connectivity index (χ3n) is 2.98. The number of hydrogen-bond acceptors (Lipinski definition) is 3. The summed E-state index contributed by atoms with van der Waals surface area (Å²) < 4.78 is 5.88. The molecule has 96 valence electrons. The Morgan fingerprint density at radius 3 is 2.56 bits per heavy atom. The van der Waals surface area contributed by atoms with Gasteiger partial charge < -0.3 is 10.5 Å². The van der Waals surface area contributed by atoms with Crippen LogP contribution in [0.25, 0.3) is 0 Å². The molecular formula is C15H19NOS. The van der Waals surface area contributed by atoms with E-state index in [2.05, 4.69) is 32.0 Å². The molecule has 0 aliphatic heterocycles. The number of aryl methyl sites for hydroxylation is 2. The monoisotopic (exact) mass is 261 g/mol. The second-order valence-electron chi connectivity index (χ2n) is 4.46. The Morgan fingerprint density at radius 2 is 1.94 bits per heavy atom. The summed E-state index contributed by atoms with van der Waals surface area (Å²) in [5.41, 5.74) is 7.01. The van der Waals surface area contributed by atoms with Crippen molar-refractivity contribution in [2.24, 2.45) is 5.73 Å². The number of para-hydroxylation sites is 1. The van der Waals surface area contributed by atoms with E-state index in [1.807, 2.05) is 18.2 Å². The van der Waals surface area contributed by atoms with Gasteiger partial charge in [-0.05, 0) is 37.6 Å². The second-order valence-corrected chi connectivity index (χ2v) is 5.78. The van der Waals surface area contributed by atoms with Crippen LogP contribution in [-0.2, 0) is 0 Å². The largest absolute Gasteiger partial charge is 0.493 e. The fourth-order valence-corrected chi connectivity index (χ4v) is 2.82. The van der Waals surface area contributed by atoms with Gasteiger partial charge in [0.1, 0.15) is 5.75 Å². The standard InChI is InChI=1S/C15H19NOS/c1-11-5-3-4-6-14(11)17-10-13(9-16)15-8-7-12(2)18-15/h3-8,13H,9-10,16H2,1-2H3. The minimum atomic E-state index is 0.281. The maximum atomic E-state index is 5.88. The average molecular weight is 261 g/mol. The zero-order valence-electron chi connectivity index (χ0n) is 10.8. The first-order valence-corrected chi connectivity index (χ1v) is 6.97. The molecule has 18 heavy (non-hydrogen) atoms. The van der Waals surface area contributed by atoms with Gasteiger partial charge in [-0.1, -0.05) is 18.2 Å². The highest BCUT2D eigenvalue weighted by atomic mass is 32.1. The zero-order valence-corrected chi connectivity index (χ0v) is 11.7. The van der Waals surface area contributed by atoms with Crippen molar-refractivity contribution >= 4 is 11.3 Å². The molecule has 0 saturated heterocycles. The van der Waals surface area contributed by atoms with Gasteiger partial charge in [0, 0.05) is 22.2 Å². The fraction of sp³-hybridized carbons (Fsp3) is 0.333. The predicted molar refractivity (Wildman–Crippen MR) is 77.5 cm³/mol. The van der Waals surface area contributed by atoms with Gasteiger partial charge in [-0.25, -0.2) is 0 Å². The lowest BCUT2D eigenvalue weighted by Crippen LogP contribution is -2.18. The molecule has 0 spiro atoms. The molecule has 0 saturated carbocycles. The van der Waals surface area contributed by atoms with Gasteiger partial charge in [-0.2, -0.15) is 0 Å². The molecule has 1 atom stereocenters. The van der Waals surface area contributed by atoms with Crippen LogP contribution in [0.3, 0.4) is 0 Å². The highest BCUT2D eigenvalue weighted by molar-refractivity contribution is 7.12. The lowest BCUT2D eigenvalue weighted by atomic mass is 10.1. The molecule has 3 heteroatoms. The molecule has 1 unspecified atom stereocenters. The van der Waals surface area contributed by atoms with E-state index in [9.17, 15) is 0 Å². The summed E-state index contributed by atoms with van der Waals surface area (Å²) in [6, 6.07) is 12.4. The van der Waals surface area contributed by atoms with Crippen LogP contribution < -0.4 is 10.5 Å². The first kappa shape index (κ1) is 13.1. The highest BCUT2D eigenvalue weighted by Gasteiger charge is 2.13. The normalized spacial score (nSPS) is 12.4. The van der Waals surface area contributed by atoms with Crippen LogP contribution in [0, 0.1) is 13.8 Å². The van der Waals surface area contributed by atoms with E-state index in [0.29, 0.717) is 13.2 Å². The SMILES string of the molecule is Cc1ccc(C(CN)COc2ccccc2C)s1. The molecule has 1 aromatic carbocycles. The minimum absolute atomic E-state index is 0.281. The number of nitrogens with two attached hydrogens (primary N) is 1. The van der Waals surface area contributed by atoms with Gasteiger partial charge >= 0.3 is 0 Å². The number of hydrogen-bond donors (Lipinski definition) is 1. The maximum absolute atomic E-state index is 5.88. The smallest absolute Gasteiger partial charge is 0.122 e. The van der Waals surface area contributed by atoms with Crippen molar-refractivity contribution in [1.29, 1.82) is 0 Å².